The highest BCUT2D eigenvalue weighted by atomic mass is 19.3. The number of alkyl halides is 2. The van der Waals surface area contributed by atoms with E-state index in [1.165, 1.54) is 18.3 Å². The highest BCUT2D eigenvalue weighted by Gasteiger charge is 2.42. The lowest BCUT2D eigenvalue weighted by Crippen LogP contribution is -2.32. The average molecular weight is 340 g/mol. The molecule has 0 aromatic carbocycles. The molecule has 2 rings (SSSR count). The Kier molecular flexibility index (Phi) is 4.81. The molecule has 0 bridgehead atoms. The van der Waals surface area contributed by atoms with E-state index in [0.29, 0.717) is 0 Å². The van der Waals surface area contributed by atoms with Crippen molar-refractivity contribution in [3.63, 3.8) is 0 Å². The Morgan fingerprint density at radius 3 is 2.62 bits per heavy atom. The Balaban J connectivity index is 2.04. The van der Waals surface area contributed by atoms with E-state index in [2.05, 4.69) is 25.0 Å². The zero-order valence-corrected chi connectivity index (χ0v) is 13.8. The highest BCUT2D eigenvalue weighted by molar-refractivity contribution is 5.67. The average Bonchev–Trinajstić information content (AvgIpc) is 2.93. The van der Waals surface area contributed by atoms with Crippen LogP contribution in [0, 0.1) is 6.92 Å². The number of carbonyl (C=O) groups excluding carboxylic acids is 1. The van der Waals surface area contributed by atoms with Crippen molar-refractivity contribution in [2.45, 2.75) is 45.8 Å². The van der Waals surface area contributed by atoms with Crippen molar-refractivity contribution in [1.29, 1.82) is 0 Å². The van der Waals surface area contributed by atoms with Crippen molar-refractivity contribution < 1.29 is 22.8 Å². The van der Waals surface area contributed by atoms with Gasteiger partial charge in [0.15, 0.2) is 5.82 Å². The van der Waals surface area contributed by atoms with Gasteiger partial charge in [-0.25, -0.2) is 4.79 Å². The number of carbonyl (C=O) groups is 1. The number of halogens is 2. The minimum absolute atomic E-state index is 0.0948. The number of ether oxygens (including phenoxy) is 1. The van der Waals surface area contributed by atoms with E-state index in [1.807, 2.05) is 0 Å². The van der Waals surface area contributed by atoms with Gasteiger partial charge in [0.25, 0.3) is 0 Å². The second-order valence-corrected chi connectivity index (χ2v) is 6.17. The molecule has 130 valence electrons. The number of nitrogens with one attached hydrogen (secondary N) is 1. The molecule has 0 aliphatic heterocycles. The maximum absolute atomic E-state index is 14.3. The third kappa shape index (κ3) is 4.46. The van der Waals surface area contributed by atoms with Crippen LogP contribution in [0.5, 0.6) is 0 Å². The summed E-state index contributed by atoms with van der Waals surface area (Å²) in [7, 11) is 0. The number of aryl methyl sites for hydroxylation is 1. The number of pyridine rings is 1. The van der Waals surface area contributed by atoms with Crippen molar-refractivity contribution in [2.24, 2.45) is 0 Å². The van der Waals surface area contributed by atoms with E-state index >= 15 is 0 Å². The zero-order valence-electron chi connectivity index (χ0n) is 13.8. The molecule has 0 saturated carbocycles. The van der Waals surface area contributed by atoms with Crippen LogP contribution in [0.4, 0.5) is 13.6 Å². The van der Waals surface area contributed by atoms with Crippen molar-refractivity contribution in [2.75, 3.05) is 0 Å². The topological polar surface area (TPSA) is 90.1 Å². The summed E-state index contributed by atoms with van der Waals surface area (Å²) in [5.74, 6) is -4.51. The molecule has 0 saturated heterocycles. The SMILES string of the molecule is Cc1ccc(C(F)(F)c2nc(CNC(=O)OC(C)(C)C)no2)nc1. The predicted molar refractivity (Wildman–Crippen MR) is 79.3 cm³/mol. The minimum atomic E-state index is -3.52. The van der Waals surface area contributed by atoms with Crippen molar-refractivity contribution in [3.05, 3.63) is 41.3 Å². The summed E-state index contributed by atoms with van der Waals surface area (Å²) in [4.78, 5) is 18.8. The molecule has 0 atom stereocenters. The van der Waals surface area contributed by atoms with Gasteiger partial charge in [0.1, 0.15) is 11.3 Å². The van der Waals surface area contributed by atoms with Crippen molar-refractivity contribution in [3.8, 4) is 0 Å². The summed E-state index contributed by atoms with van der Waals surface area (Å²) in [6.45, 7) is 6.65. The maximum Gasteiger partial charge on any atom is 0.408 e. The van der Waals surface area contributed by atoms with Gasteiger partial charge in [0, 0.05) is 6.20 Å². The number of aromatic nitrogens is 3. The first-order valence-corrected chi connectivity index (χ1v) is 7.19. The number of alkyl carbamates (subject to hydrolysis) is 1. The first-order chi connectivity index (χ1) is 11.1. The summed E-state index contributed by atoms with van der Waals surface area (Å²) in [6, 6.07) is 2.70. The lowest BCUT2D eigenvalue weighted by Gasteiger charge is -2.19. The fourth-order valence-electron chi connectivity index (χ4n) is 1.68. The van der Waals surface area contributed by atoms with Gasteiger partial charge in [0.05, 0.1) is 6.54 Å². The van der Waals surface area contributed by atoms with Crippen LogP contribution >= 0.6 is 0 Å². The molecular formula is C15H18F2N4O3. The van der Waals surface area contributed by atoms with Gasteiger partial charge in [-0.15, -0.1) is 0 Å². The second-order valence-electron chi connectivity index (χ2n) is 6.17. The summed E-state index contributed by atoms with van der Waals surface area (Å²) in [5.41, 5.74) is -0.415. The molecule has 24 heavy (non-hydrogen) atoms. The molecule has 9 heteroatoms. The number of hydrogen-bond donors (Lipinski definition) is 1. The smallest absolute Gasteiger partial charge is 0.408 e. The van der Waals surface area contributed by atoms with Crippen LogP contribution in [0.2, 0.25) is 0 Å². The van der Waals surface area contributed by atoms with Gasteiger partial charge < -0.3 is 14.6 Å². The molecule has 0 aliphatic carbocycles. The molecule has 2 heterocycles. The Morgan fingerprint density at radius 1 is 1.33 bits per heavy atom. The van der Waals surface area contributed by atoms with Crippen LogP contribution in [-0.2, 0) is 17.2 Å². The molecule has 0 radical (unpaired) electrons. The molecule has 2 aromatic rings. The van der Waals surface area contributed by atoms with Crippen molar-refractivity contribution >= 4 is 6.09 Å². The fourth-order valence-corrected chi connectivity index (χ4v) is 1.68. The van der Waals surface area contributed by atoms with Crippen LogP contribution < -0.4 is 5.32 Å². The van der Waals surface area contributed by atoms with E-state index in [9.17, 15) is 13.6 Å². The Hall–Kier alpha value is -2.58. The summed E-state index contributed by atoms with van der Waals surface area (Å²) >= 11 is 0. The van der Waals surface area contributed by atoms with Gasteiger partial charge in [-0.3, -0.25) is 4.98 Å². The lowest BCUT2D eigenvalue weighted by molar-refractivity contribution is 0.00333. The van der Waals surface area contributed by atoms with Crippen LogP contribution in [0.15, 0.2) is 22.9 Å². The molecular weight excluding hydrogens is 322 g/mol. The van der Waals surface area contributed by atoms with Gasteiger partial charge in [-0.2, -0.15) is 13.8 Å². The Bertz CT molecular complexity index is 708. The van der Waals surface area contributed by atoms with Crippen LogP contribution in [0.25, 0.3) is 0 Å². The zero-order chi connectivity index (χ0) is 18.0. The molecule has 2 aromatic heterocycles. The molecule has 0 aliphatic rings. The van der Waals surface area contributed by atoms with E-state index in [1.54, 1.807) is 27.7 Å². The summed E-state index contributed by atoms with van der Waals surface area (Å²) in [6.07, 6.45) is 0.616. The van der Waals surface area contributed by atoms with Gasteiger partial charge in [-0.1, -0.05) is 11.2 Å². The van der Waals surface area contributed by atoms with Gasteiger partial charge in [-0.05, 0) is 39.3 Å². The van der Waals surface area contributed by atoms with Crippen LogP contribution in [-0.4, -0.2) is 26.8 Å². The predicted octanol–water partition coefficient (Wildman–Crippen LogP) is 2.94. The van der Waals surface area contributed by atoms with E-state index < -0.39 is 29.2 Å². The van der Waals surface area contributed by atoms with E-state index in [-0.39, 0.29) is 12.4 Å². The monoisotopic (exact) mass is 340 g/mol. The maximum atomic E-state index is 14.3. The molecule has 0 fully saturated rings. The van der Waals surface area contributed by atoms with Gasteiger partial charge >= 0.3 is 17.9 Å². The second kappa shape index (κ2) is 6.50. The van der Waals surface area contributed by atoms with E-state index in [4.69, 9.17) is 4.74 Å². The minimum Gasteiger partial charge on any atom is -0.444 e. The summed E-state index contributed by atoms with van der Waals surface area (Å²) < 4.78 is 38.2. The molecule has 0 unspecified atom stereocenters. The number of rotatable bonds is 4. The number of amides is 1. The number of hydrogen-bond acceptors (Lipinski definition) is 6. The standard InChI is InChI=1S/C15H18F2N4O3/c1-9-5-6-10(18-7-9)15(16,17)12-20-11(21-24-12)8-19-13(22)23-14(2,3)4/h5-7H,8H2,1-4H3,(H,19,22). The lowest BCUT2D eigenvalue weighted by atomic mass is 10.2. The number of nitrogens with zero attached hydrogens (tertiary/aromatic N) is 3. The Morgan fingerprint density at radius 2 is 2.04 bits per heavy atom. The molecule has 1 N–H and O–H groups in total. The Labute approximate surface area is 137 Å². The fraction of sp³-hybridized carbons (Fsp3) is 0.467. The van der Waals surface area contributed by atoms with Gasteiger partial charge in [0.2, 0.25) is 0 Å². The summed E-state index contributed by atoms with van der Waals surface area (Å²) in [5, 5.41) is 5.79. The normalized spacial score (nSPS) is 12.1. The molecule has 1 amide bonds. The van der Waals surface area contributed by atoms with Crippen molar-refractivity contribution in [1.82, 2.24) is 20.4 Å². The highest BCUT2D eigenvalue weighted by Crippen LogP contribution is 2.33. The van der Waals surface area contributed by atoms with E-state index in [0.717, 1.165) is 5.56 Å². The first-order valence-electron chi connectivity index (χ1n) is 7.19. The first kappa shape index (κ1) is 17.8. The van der Waals surface area contributed by atoms with Crippen LogP contribution in [0.1, 0.15) is 43.7 Å². The third-order valence-electron chi connectivity index (χ3n) is 2.76. The quantitative estimate of drug-likeness (QED) is 0.920. The third-order valence-corrected chi connectivity index (χ3v) is 2.76. The van der Waals surface area contributed by atoms with Crippen LogP contribution in [0.3, 0.4) is 0 Å². The largest absolute Gasteiger partial charge is 0.444 e. The molecule has 7 nitrogen and oxygen atoms in total. The molecule has 0 spiro atoms.